The summed E-state index contributed by atoms with van der Waals surface area (Å²) in [5, 5.41) is 9.17. The third-order valence-corrected chi connectivity index (χ3v) is 2.47. The van der Waals surface area contributed by atoms with E-state index in [1.165, 1.54) is 7.11 Å². The van der Waals surface area contributed by atoms with Gasteiger partial charge in [-0.15, -0.1) is 0 Å². The van der Waals surface area contributed by atoms with Gasteiger partial charge in [0.15, 0.2) is 6.29 Å². The summed E-state index contributed by atoms with van der Waals surface area (Å²) < 4.78 is 4.75. The molecule has 0 saturated heterocycles. The van der Waals surface area contributed by atoms with Crippen LogP contribution < -0.4 is 0 Å². The lowest BCUT2D eigenvalue weighted by atomic mass is 9.86. The van der Waals surface area contributed by atoms with E-state index in [1.54, 1.807) is 0 Å². The van der Waals surface area contributed by atoms with Crippen molar-refractivity contribution in [3.63, 3.8) is 0 Å². The van der Waals surface area contributed by atoms with E-state index >= 15 is 0 Å². The second-order valence-corrected chi connectivity index (χ2v) is 3.41. The van der Waals surface area contributed by atoms with Gasteiger partial charge in [0.2, 0.25) is 0 Å². The van der Waals surface area contributed by atoms with Crippen LogP contribution in [0.2, 0.25) is 0 Å². The average Bonchev–Trinajstić information content (AvgIpc) is 2.09. The first kappa shape index (κ1) is 9.68. The molecule has 1 atom stereocenters. The molecule has 0 aromatic carbocycles. The molecule has 1 fully saturated rings. The van der Waals surface area contributed by atoms with E-state index in [2.05, 4.69) is 0 Å². The van der Waals surface area contributed by atoms with E-state index in [0.29, 0.717) is 31.0 Å². The average molecular weight is 172 g/mol. The van der Waals surface area contributed by atoms with Gasteiger partial charge in [-0.2, -0.15) is 0 Å². The molecule has 0 heterocycles. The number of Topliss-reactive ketones (excluding diaryl/α,β-unsaturated/α-hetero) is 1. The molecule has 70 valence electrons. The molecule has 1 aliphatic carbocycles. The number of hydrogen-bond acceptors (Lipinski definition) is 3. The summed E-state index contributed by atoms with van der Waals surface area (Å²) in [5.74, 6) is 0.829. The fourth-order valence-electron chi connectivity index (χ4n) is 1.62. The highest BCUT2D eigenvalue weighted by Crippen LogP contribution is 2.25. The molecule has 0 bridgehead atoms. The van der Waals surface area contributed by atoms with Gasteiger partial charge in [-0.3, -0.25) is 4.79 Å². The minimum absolute atomic E-state index is 0.359. The number of ketones is 1. The van der Waals surface area contributed by atoms with Crippen LogP contribution in [0.15, 0.2) is 0 Å². The van der Waals surface area contributed by atoms with Crippen molar-refractivity contribution < 1.29 is 14.6 Å². The molecule has 1 unspecified atom stereocenters. The Labute approximate surface area is 72.7 Å². The lowest BCUT2D eigenvalue weighted by Gasteiger charge is -2.22. The molecular formula is C9H16O3. The monoisotopic (exact) mass is 172 g/mol. The number of methoxy groups -OCH3 is 1. The van der Waals surface area contributed by atoms with Crippen LogP contribution in [-0.2, 0) is 9.53 Å². The predicted molar refractivity (Wildman–Crippen MR) is 44.6 cm³/mol. The number of rotatable bonds is 3. The number of hydrogen-bond donors (Lipinski definition) is 1. The van der Waals surface area contributed by atoms with Crippen molar-refractivity contribution in [2.45, 2.75) is 38.4 Å². The van der Waals surface area contributed by atoms with Crippen molar-refractivity contribution in [2.24, 2.45) is 5.92 Å². The van der Waals surface area contributed by atoms with Gasteiger partial charge in [0.25, 0.3) is 0 Å². The minimum Gasteiger partial charge on any atom is -0.368 e. The zero-order chi connectivity index (χ0) is 8.97. The zero-order valence-electron chi connectivity index (χ0n) is 7.45. The van der Waals surface area contributed by atoms with Crippen LogP contribution in [-0.4, -0.2) is 24.3 Å². The predicted octanol–water partition coefficient (Wildman–Crippen LogP) is 1.10. The molecule has 3 heteroatoms. The van der Waals surface area contributed by atoms with Crippen molar-refractivity contribution in [3.8, 4) is 0 Å². The highest BCUT2D eigenvalue weighted by molar-refractivity contribution is 5.78. The zero-order valence-corrected chi connectivity index (χ0v) is 7.45. The van der Waals surface area contributed by atoms with Gasteiger partial charge < -0.3 is 9.84 Å². The molecule has 0 aromatic rings. The molecule has 1 rings (SSSR count). The fourth-order valence-corrected chi connectivity index (χ4v) is 1.62. The van der Waals surface area contributed by atoms with Crippen molar-refractivity contribution in [3.05, 3.63) is 0 Å². The van der Waals surface area contributed by atoms with Crippen LogP contribution in [0.4, 0.5) is 0 Å². The maximum atomic E-state index is 10.9. The van der Waals surface area contributed by atoms with Gasteiger partial charge in [0, 0.05) is 26.4 Å². The lowest BCUT2D eigenvalue weighted by Crippen LogP contribution is -2.20. The number of carbonyl (C=O) groups excluding carboxylic acids is 1. The van der Waals surface area contributed by atoms with E-state index in [-0.39, 0.29) is 0 Å². The minimum atomic E-state index is -0.650. The maximum absolute atomic E-state index is 10.9. The fraction of sp³-hybridized carbons (Fsp3) is 0.889. The van der Waals surface area contributed by atoms with E-state index in [0.717, 1.165) is 12.8 Å². The topological polar surface area (TPSA) is 46.5 Å². The molecular weight excluding hydrogens is 156 g/mol. The molecule has 0 aromatic heterocycles. The van der Waals surface area contributed by atoms with Crippen LogP contribution in [0.25, 0.3) is 0 Å². The van der Waals surface area contributed by atoms with Crippen molar-refractivity contribution in [2.75, 3.05) is 7.11 Å². The van der Waals surface area contributed by atoms with Crippen LogP contribution in [0.5, 0.6) is 0 Å². The van der Waals surface area contributed by atoms with Crippen molar-refractivity contribution in [1.29, 1.82) is 0 Å². The Bertz CT molecular complexity index is 146. The number of aliphatic hydroxyl groups is 1. The summed E-state index contributed by atoms with van der Waals surface area (Å²) in [4.78, 5) is 10.9. The lowest BCUT2D eigenvalue weighted by molar-refractivity contribution is -0.123. The number of ether oxygens (including phenoxy) is 1. The first-order valence-corrected chi connectivity index (χ1v) is 4.45. The summed E-state index contributed by atoms with van der Waals surface area (Å²) >= 11 is 0. The molecule has 1 saturated carbocycles. The van der Waals surface area contributed by atoms with Gasteiger partial charge in [-0.25, -0.2) is 0 Å². The largest absolute Gasteiger partial charge is 0.368 e. The first-order valence-electron chi connectivity index (χ1n) is 4.45. The van der Waals surface area contributed by atoms with Gasteiger partial charge in [-0.1, -0.05) is 0 Å². The second kappa shape index (κ2) is 4.58. The maximum Gasteiger partial charge on any atom is 0.154 e. The number of carbonyl (C=O) groups is 1. The van der Waals surface area contributed by atoms with E-state index < -0.39 is 6.29 Å². The number of aliphatic hydroxyl groups excluding tert-OH is 1. The van der Waals surface area contributed by atoms with Gasteiger partial charge in [-0.05, 0) is 18.8 Å². The van der Waals surface area contributed by atoms with Gasteiger partial charge in [0.05, 0.1) is 0 Å². The molecule has 0 amide bonds. The Morgan fingerprint density at radius 3 is 2.67 bits per heavy atom. The summed E-state index contributed by atoms with van der Waals surface area (Å²) in [6.07, 6.45) is 3.22. The smallest absolute Gasteiger partial charge is 0.154 e. The molecule has 0 spiro atoms. The van der Waals surface area contributed by atoms with Crippen LogP contribution in [0, 0.1) is 5.92 Å². The second-order valence-electron chi connectivity index (χ2n) is 3.41. The summed E-state index contributed by atoms with van der Waals surface area (Å²) in [6, 6.07) is 0. The normalized spacial score (nSPS) is 22.7. The summed E-state index contributed by atoms with van der Waals surface area (Å²) in [6.45, 7) is 0. The van der Waals surface area contributed by atoms with Crippen molar-refractivity contribution in [1.82, 2.24) is 0 Å². The van der Waals surface area contributed by atoms with Crippen LogP contribution in [0.1, 0.15) is 32.1 Å². The van der Waals surface area contributed by atoms with E-state index in [4.69, 9.17) is 9.84 Å². The van der Waals surface area contributed by atoms with E-state index in [1.807, 2.05) is 0 Å². The Balaban J connectivity index is 2.21. The Hall–Kier alpha value is -0.410. The van der Waals surface area contributed by atoms with Gasteiger partial charge >= 0.3 is 0 Å². The van der Waals surface area contributed by atoms with Gasteiger partial charge in [0.1, 0.15) is 5.78 Å². The molecule has 0 radical (unpaired) electrons. The standard InChI is InChI=1S/C9H16O3/c1-12-9(11)6-7-2-4-8(10)5-3-7/h7,9,11H,2-6H2,1H3. The van der Waals surface area contributed by atoms with Crippen molar-refractivity contribution >= 4 is 5.78 Å². The first-order chi connectivity index (χ1) is 5.72. The molecule has 12 heavy (non-hydrogen) atoms. The SMILES string of the molecule is COC(O)CC1CCC(=O)CC1. The summed E-state index contributed by atoms with van der Waals surface area (Å²) in [5.41, 5.74) is 0. The third-order valence-electron chi connectivity index (χ3n) is 2.47. The molecule has 0 aliphatic heterocycles. The highest BCUT2D eigenvalue weighted by Gasteiger charge is 2.20. The third kappa shape index (κ3) is 2.91. The summed E-state index contributed by atoms with van der Waals surface area (Å²) in [7, 11) is 1.50. The van der Waals surface area contributed by atoms with Crippen LogP contribution >= 0.6 is 0 Å². The Kier molecular flexibility index (Phi) is 3.69. The quantitative estimate of drug-likeness (QED) is 0.648. The molecule has 1 N–H and O–H groups in total. The highest BCUT2D eigenvalue weighted by atomic mass is 16.6. The molecule has 3 nitrogen and oxygen atoms in total. The molecule has 1 aliphatic rings. The Morgan fingerprint density at radius 2 is 2.17 bits per heavy atom. The van der Waals surface area contributed by atoms with E-state index in [9.17, 15) is 4.79 Å². The van der Waals surface area contributed by atoms with Crippen LogP contribution in [0.3, 0.4) is 0 Å². The Morgan fingerprint density at radius 1 is 1.58 bits per heavy atom.